The molecule has 2 N–H and O–H groups in total. The number of nitrogens with one attached hydrogen (secondary N) is 2. The maximum absolute atomic E-state index is 12.1. The fourth-order valence-electron chi connectivity index (χ4n) is 2.39. The lowest BCUT2D eigenvalue weighted by Crippen LogP contribution is -2.28. The van der Waals surface area contributed by atoms with E-state index in [2.05, 4.69) is 46.7 Å². The predicted molar refractivity (Wildman–Crippen MR) is 100 cm³/mol. The third-order valence-corrected chi connectivity index (χ3v) is 3.89. The summed E-state index contributed by atoms with van der Waals surface area (Å²) in [7, 11) is 0. The molecule has 2 amide bonds. The van der Waals surface area contributed by atoms with Gasteiger partial charge in [-0.15, -0.1) is 5.10 Å². The van der Waals surface area contributed by atoms with Crippen molar-refractivity contribution in [3.8, 4) is 5.69 Å². The molecule has 7 nitrogen and oxygen atoms in total. The van der Waals surface area contributed by atoms with Gasteiger partial charge in [0.05, 0.1) is 24.6 Å². The van der Waals surface area contributed by atoms with Gasteiger partial charge in [-0.25, -0.2) is 9.48 Å². The van der Waals surface area contributed by atoms with Crippen molar-refractivity contribution in [2.45, 2.75) is 32.7 Å². The van der Waals surface area contributed by atoms with Crippen molar-refractivity contribution in [2.24, 2.45) is 0 Å². The molecule has 0 aliphatic heterocycles. The Morgan fingerprint density at radius 2 is 1.92 bits per heavy atom. The van der Waals surface area contributed by atoms with E-state index in [0.29, 0.717) is 5.69 Å². The van der Waals surface area contributed by atoms with Crippen molar-refractivity contribution in [1.82, 2.24) is 25.3 Å². The van der Waals surface area contributed by atoms with Gasteiger partial charge in [0.15, 0.2) is 0 Å². The molecule has 0 saturated heterocycles. The number of nitrogens with zero attached hydrogens (tertiary/aromatic N) is 4. The summed E-state index contributed by atoms with van der Waals surface area (Å²) in [5, 5.41) is 13.7. The summed E-state index contributed by atoms with van der Waals surface area (Å²) >= 11 is 0. The van der Waals surface area contributed by atoms with Crippen LogP contribution in [0.5, 0.6) is 0 Å². The number of urea groups is 1. The number of amides is 2. The second-order valence-corrected chi connectivity index (χ2v) is 7.00. The zero-order valence-corrected chi connectivity index (χ0v) is 15.1. The van der Waals surface area contributed by atoms with Gasteiger partial charge >= 0.3 is 6.03 Å². The molecule has 134 valence electrons. The fourth-order valence-corrected chi connectivity index (χ4v) is 2.39. The minimum absolute atomic E-state index is 0.0842. The third-order valence-electron chi connectivity index (χ3n) is 3.89. The minimum Gasteiger partial charge on any atom is -0.332 e. The fraction of sp³-hybridized carbons (Fsp3) is 0.263. The molecule has 3 rings (SSSR count). The van der Waals surface area contributed by atoms with E-state index in [-0.39, 0.29) is 18.0 Å². The summed E-state index contributed by atoms with van der Waals surface area (Å²) in [6.45, 7) is 6.74. The summed E-state index contributed by atoms with van der Waals surface area (Å²) in [5.74, 6) is 0. The van der Waals surface area contributed by atoms with E-state index in [4.69, 9.17) is 0 Å². The second-order valence-electron chi connectivity index (χ2n) is 7.00. The third kappa shape index (κ3) is 4.44. The number of pyridine rings is 1. The molecule has 0 spiro atoms. The highest BCUT2D eigenvalue weighted by Crippen LogP contribution is 2.23. The highest BCUT2D eigenvalue weighted by Gasteiger charge is 2.13. The van der Waals surface area contributed by atoms with E-state index in [1.165, 1.54) is 5.56 Å². The molecule has 0 aliphatic carbocycles. The van der Waals surface area contributed by atoms with Crippen molar-refractivity contribution in [2.75, 3.05) is 5.32 Å². The molecular formula is C19H22N6O. The van der Waals surface area contributed by atoms with Crippen LogP contribution in [0, 0.1) is 0 Å². The van der Waals surface area contributed by atoms with Crippen LogP contribution in [0.4, 0.5) is 10.5 Å². The molecule has 0 bridgehead atoms. The van der Waals surface area contributed by atoms with Gasteiger partial charge in [-0.2, -0.15) is 0 Å². The van der Waals surface area contributed by atoms with Gasteiger partial charge in [0.25, 0.3) is 0 Å². The molecule has 0 aliphatic rings. The number of aromatic nitrogens is 4. The summed E-state index contributed by atoms with van der Waals surface area (Å²) in [4.78, 5) is 16.1. The summed E-state index contributed by atoms with van der Waals surface area (Å²) in [6, 6.07) is 11.3. The lowest BCUT2D eigenvalue weighted by molar-refractivity contribution is 0.251. The predicted octanol–water partition coefficient (Wildman–Crippen LogP) is 3.28. The molecule has 7 heteroatoms. The van der Waals surface area contributed by atoms with Crippen LogP contribution in [0.1, 0.15) is 32.0 Å². The van der Waals surface area contributed by atoms with Crippen LogP contribution >= 0.6 is 0 Å². The Kier molecular flexibility index (Phi) is 4.97. The van der Waals surface area contributed by atoms with Gasteiger partial charge < -0.3 is 10.6 Å². The Balaban J connectivity index is 1.54. The van der Waals surface area contributed by atoms with Crippen LogP contribution in [0.2, 0.25) is 0 Å². The van der Waals surface area contributed by atoms with Gasteiger partial charge in [0, 0.05) is 11.9 Å². The van der Waals surface area contributed by atoms with Gasteiger partial charge in [-0.05, 0) is 35.2 Å². The molecule has 0 fully saturated rings. The molecular weight excluding hydrogens is 328 g/mol. The van der Waals surface area contributed by atoms with Crippen molar-refractivity contribution >= 4 is 11.7 Å². The van der Waals surface area contributed by atoms with Crippen molar-refractivity contribution in [3.63, 3.8) is 0 Å². The molecule has 26 heavy (non-hydrogen) atoms. The standard InChI is InChI=1S/C19H22N6O/c1-19(2,3)14-6-8-15(9-7-14)22-18(26)21-11-16-13-25(24-23-16)17-5-4-10-20-12-17/h4-10,12-13H,11H2,1-3H3,(H2,21,22,26). The van der Waals surface area contributed by atoms with Gasteiger partial charge in [0.2, 0.25) is 0 Å². The maximum atomic E-state index is 12.1. The highest BCUT2D eigenvalue weighted by atomic mass is 16.2. The van der Waals surface area contributed by atoms with Crippen molar-refractivity contribution < 1.29 is 4.79 Å². The summed E-state index contributed by atoms with van der Waals surface area (Å²) in [6.07, 6.45) is 5.15. The first-order chi connectivity index (χ1) is 12.4. The molecule has 0 radical (unpaired) electrons. The number of hydrogen-bond donors (Lipinski definition) is 2. The number of anilines is 1. The highest BCUT2D eigenvalue weighted by molar-refractivity contribution is 5.89. The van der Waals surface area contributed by atoms with E-state index < -0.39 is 0 Å². The quantitative estimate of drug-likeness (QED) is 0.756. The van der Waals surface area contributed by atoms with Crippen LogP contribution in [-0.4, -0.2) is 26.0 Å². The zero-order valence-electron chi connectivity index (χ0n) is 15.1. The van der Waals surface area contributed by atoms with Crippen LogP contribution in [0.15, 0.2) is 55.0 Å². The smallest absolute Gasteiger partial charge is 0.319 e. The summed E-state index contributed by atoms with van der Waals surface area (Å²) in [5.41, 5.74) is 3.52. The van der Waals surface area contributed by atoms with E-state index in [9.17, 15) is 4.79 Å². The number of carbonyl (C=O) groups excluding carboxylic acids is 1. The average molecular weight is 350 g/mol. The molecule has 0 unspecified atom stereocenters. The summed E-state index contributed by atoms with van der Waals surface area (Å²) < 4.78 is 1.62. The Morgan fingerprint density at radius 3 is 2.58 bits per heavy atom. The molecule has 3 aromatic rings. The van der Waals surface area contributed by atoms with Crippen LogP contribution in [0.25, 0.3) is 5.69 Å². The van der Waals surface area contributed by atoms with E-state index in [1.54, 1.807) is 23.3 Å². The minimum atomic E-state index is -0.288. The SMILES string of the molecule is CC(C)(C)c1ccc(NC(=O)NCc2cn(-c3cccnc3)nn2)cc1. The lowest BCUT2D eigenvalue weighted by Gasteiger charge is -2.19. The van der Waals surface area contributed by atoms with Gasteiger partial charge in [-0.3, -0.25) is 4.98 Å². The average Bonchev–Trinajstić information content (AvgIpc) is 3.09. The van der Waals surface area contributed by atoms with E-state index in [1.807, 2.05) is 36.4 Å². The normalized spacial score (nSPS) is 11.2. The lowest BCUT2D eigenvalue weighted by atomic mass is 9.87. The molecule has 0 saturated carbocycles. The Hall–Kier alpha value is -3.22. The van der Waals surface area contributed by atoms with Gasteiger partial charge in [-0.1, -0.05) is 38.1 Å². The molecule has 0 atom stereocenters. The first-order valence-electron chi connectivity index (χ1n) is 8.39. The number of carbonyl (C=O) groups is 1. The van der Waals surface area contributed by atoms with E-state index in [0.717, 1.165) is 11.4 Å². The zero-order chi connectivity index (χ0) is 18.6. The molecule has 1 aromatic carbocycles. The topological polar surface area (TPSA) is 84.7 Å². The Morgan fingerprint density at radius 1 is 1.15 bits per heavy atom. The van der Waals surface area contributed by atoms with Crippen molar-refractivity contribution in [1.29, 1.82) is 0 Å². The van der Waals surface area contributed by atoms with Crippen LogP contribution in [-0.2, 0) is 12.0 Å². The van der Waals surface area contributed by atoms with Crippen molar-refractivity contribution in [3.05, 3.63) is 66.2 Å². The molecule has 2 aromatic heterocycles. The van der Waals surface area contributed by atoms with Gasteiger partial charge in [0.1, 0.15) is 5.69 Å². The second kappa shape index (κ2) is 7.35. The largest absolute Gasteiger partial charge is 0.332 e. The van der Waals surface area contributed by atoms with Crippen LogP contribution < -0.4 is 10.6 Å². The Bertz CT molecular complexity index is 865. The monoisotopic (exact) mass is 350 g/mol. The number of hydrogen-bond acceptors (Lipinski definition) is 4. The first-order valence-corrected chi connectivity index (χ1v) is 8.39. The first kappa shape index (κ1) is 17.6. The number of rotatable bonds is 4. The number of benzene rings is 1. The van der Waals surface area contributed by atoms with E-state index >= 15 is 0 Å². The maximum Gasteiger partial charge on any atom is 0.319 e. The van der Waals surface area contributed by atoms with Crippen LogP contribution in [0.3, 0.4) is 0 Å². The Labute approximate surface area is 152 Å². The molecule has 2 heterocycles.